The fourth-order valence-electron chi connectivity index (χ4n) is 1.97. The van der Waals surface area contributed by atoms with Gasteiger partial charge in [0.2, 0.25) is 0 Å². The summed E-state index contributed by atoms with van der Waals surface area (Å²) in [5.74, 6) is -1.06. The Kier molecular flexibility index (Phi) is 6.61. The largest absolute Gasteiger partial charge is 0.483 e. The van der Waals surface area contributed by atoms with Crippen molar-refractivity contribution in [1.82, 2.24) is 0 Å². The molecule has 3 N–H and O–H groups in total. The van der Waals surface area contributed by atoms with Crippen LogP contribution in [0.3, 0.4) is 0 Å². The van der Waals surface area contributed by atoms with E-state index < -0.39 is 11.8 Å². The Labute approximate surface area is 159 Å². The summed E-state index contributed by atoms with van der Waals surface area (Å²) in [5.41, 5.74) is 5.59. The number of para-hydroxylation sites is 1. The lowest BCUT2D eigenvalue weighted by atomic mass is 10.1. The molecule has 0 heterocycles. The van der Waals surface area contributed by atoms with Gasteiger partial charge in [0.05, 0.1) is 10.7 Å². The third-order valence-electron chi connectivity index (χ3n) is 3.13. The minimum absolute atomic E-state index is 0.198. The van der Waals surface area contributed by atoms with Crippen LogP contribution in [0, 0.1) is 11.3 Å². The number of nitrogens with zero attached hydrogens (tertiary/aromatic N) is 1. The normalized spacial score (nSPS) is 10.7. The number of carbonyl (C=O) groups is 2. The molecule has 0 aliphatic carbocycles. The standard InChI is InChI=1S/C18H13Cl2N3O3/c19-13-5-6-16(26-10-17(22)24)11(8-13)7-12(9-21)18(25)23-15-4-2-1-3-14(15)20/h1-8H,10H2,(H2,22,24)(H,23,25)/b12-7+. The number of nitriles is 1. The molecule has 2 amide bonds. The van der Waals surface area contributed by atoms with E-state index >= 15 is 0 Å². The molecule has 2 rings (SSSR count). The van der Waals surface area contributed by atoms with E-state index in [9.17, 15) is 14.9 Å². The molecular formula is C18H13Cl2N3O3. The second-order valence-electron chi connectivity index (χ2n) is 5.04. The van der Waals surface area contributed by atoms with E-state index in [2.05, 4.69) is 5.32 Å². The van der Waals surface area contributed by atoms with Crippen LogP contribution in [0.2, 0.25) is 10.0 Å². The zero-order valence-corrected chi connectivity index (χ0v) is 14.8. The lowest BCUT2D eigenvalue weighted by Crippen LogP contribution is -2.20. The van der Waals surface area contributed by atoms with E-state index in [1.807, 2.05) is 6.07 Å². The van der Waals surface area contributed by atoms with E-state index in [-0.39, 0.29) is 17.9 Å². The van der Waals surface area contributed by atoms with Crippen molar-refractivity contribution in [3.8, 4) is 11.8 Å². The van der Waals surface area contributed by atoms with Crippen molar-refractivity contribution in [2.75, 3.05) is 11.9 Å². The Morgan fingerprint density at radius 1 is 1.23 bits per heavy atom. The fraction of sp³-hybridized carbons (Fsp3) is 0.0556. The van der Waals surface area contributed by atoms with E-state index in [1.54, 1.807) is 30.3 Å². The van der Waals surface area contributed by atoms with Gasteiger partial charge in [-0.25, -0.2) is 0 Å². The van der Waals surface area contributed by atoms with Gasteiger partial charge in [-0.2, -0.15) is 5.26 Å². The molecule has 132 valence electrons. The van der Waals surface area contributed by atoms with Gasteiger partial charge in [0.25, 0.3) is 11.8 Å². The predicted octanol–water partition coefficient (Wildman–Crippen LogP) is 3.40. The SMILES string of the molecule is N#C/C(=C\c1cc(Cl)ccc1OCC(N)=O)C(=O)Nc1ccccc1Cl. The zero-order chi connectivity index (χ0) is 19.1. The monoisotopic (exact) mass is 389 g/mol. The number of ether oxygens (including phenoxy) is 1. The summed E-state index contributed by atoms with van der Waals surface area (Å²) in [6, 6.07) is 13.0. The van der Waals surface area contributed by atoms with Crippen molar-refractivity contribution in [1.29, 1.82) is 5.26 Å². The van der Waals surface area contributed by atoms with E-state index in [1.165, 1.54) is 18.2 Å². The minimum Gasteiger partial charge on any atom is -0.483 e. The van der Waals surface area contributed by atoms with Gasteiger partial charge in [-0.05, 0) is 36.4 Å². The summed E-state index contributed by atoms with van der Waals surface area (Å²) in [6.45, 7) is -0.351. The number of anilines is 1. The van der Waals surface area contributed by atoms with Crippen molar-refractivity contribution >= 4 is 46.8 Å². The lowest BCUT2D eigenvalue weighted by molar-refractivity contribution is -0.120. The maximum absolute atomic E-state index is 12.4. The highest BCUT2D eigenvalue weighted by Crippen LogP contribution is 2.26. The average Bonchev–Trinajstić information content (AvgIpc) is 2.60. The summed E-state index contributed by atoms with van der Waals surface area (Å²) in [4.78, 5) is 23.3. The fourth-order valence-corrected chi connectivity index (χ4v) is 2.33. The molecule has 6 nitrogen and oxygen atoms in total. The molecule has 0 saturated heterocycles. The van der Waals surface area contributed by atoms with Crippen LogP contribution >= 0.6 is 23.2 Å². The van der Waals surface area contributed by atoms with Gasteiger partial charge >= 0.3 is 0 Å². The number of primary amides is 1. The van der Waals surface area contributed by atoms with E-state index in [0.717, 1.165) is 0 Å². The molecule has 0 spiro atoms. The Bertz CT molecular complexity index is 920. The predicted molar refractivity (Wildman–Crippen MR) is 99.8 cm³/mol. The molecule has 0 aliphatic heterocycles. The molecular weight excluding hydrogens is 377 g/mol. The summed E-state index contributed by atoms with van der Waals surface area (Å²) in [5, 5.41) is 12.6. The minimum atomic E-state index is -0.660. The molecule has 0 aromatic heterocycles. The molecule has 0 aliphatic rings. The maximum Gasteiger partial charge on any atom is 0.266 e. The molecule has 0 radical (unpaired) electrons. The van der Waals surface area contributed by atoms with Gasteiger partial charge in [-0.15, -0.1) is 0 Å². The molecule has 0 unspecified atom stereocenters. The third kappa shape index (κ3) is 5.24. The first-order chi connectivity index (χ1) is 12.4. The first-order valence-corrected chi connectivity index (χ1v) is 8.04. The zero-order valence-electron chi connectivity index (χ0n) is 13.3. The number of amides is 2. The average molecular weight is 390 g/mol. The van der Waals surface area contributed by atoms with E-state index in [4.69, 9.17) is 33.7 Å². The number of rotatable bonds is 6. The van der Waals surface area contributed by atoms with Gasteiger partial charge in [-0.3, -0.25) is 9.59 Å². The van der Waals surface area contributed by atoms with Crippen LogP contribution in [0.1, 0.15) is 5.56 Å². The Morgan fingerprint density at radius 2 is 1.96 bits per heavy atom. The number of halogens is 2. The highest BCUT2D eigenvalue weighted by Gasteiger charge is 2.13. The second-order valence-corrected chi connectivity index (χ2v) is 5.88. The third-order valence-corrected chi connectivity index (χ3v) is 3.69. The van der Waals surface area contributed by atoms with Crippen molar-refractivity contribution in [3.63, 3.8) is 0 Å². The highest BCUT2D eigenvalue weighted by atomic mass is 35.5. The number of nitrogens with one attached hydrogen (secondary N) is 1. The van der Waals surface area contributed by atoms with Crippen LogP contribution in [0.15, 0.2) is 48.0 Å². The number of nitrogens with two attached hydrogens (primary N) is 1. The molecule has 8 heteroatoms. The molecule has 26 heavy (non-hydrogen) atoms. The van der Waals surface area contributed by atoms with Gasteiger partial charge in [0.1, 0.15) is 17.4 Å². The summed E-state index contributed by atoms with van der Waals surface area (Å²) in [6.07, 6.45) is 1.30. The van der Waals surface area contributed by atoms with Crippen LogP contribution in [-0.4, -0.2) is 18.4 Å². The first-order valence-electron chi connectivity index (χ1n) is 7.29. The van der Waals surface area contributed by atoms with Gasteiger partial charge in [0.15, 0.2) is 6.61 Å². The first kappa shape index (κ1) is 19.3. The Hall–Kier alpha value is -3.01. The quantitative estimate of drug-likeness (QED) is 0.583. The van der Waals surface area contributed by atoms with Gasteiger partial charge in [-0.1, -0.05) is 35.3 Å². The smallest absolute Gasteiger partial charge is 0.266 e. The van der Waals surface area contributed by atoms with E-state index in [0.29, 0.717) is 21.3 Å². The van der Waals surface area contributed by atoms with Crippen LogP contribution in [0.25, 0.3) is 6.08 Å². The summed E-state index contributed by atoms with van der Waals surface area (Å²) < 4.78 is 5.28. The highest BCUT2D eigenvalue weighted by molar-refractivity contribution is 6.34. The van der Waals surface area contributed by atoms with Crippen molar-refractivity contribution in [2.24, 2.45) is 5.73 Å². The van der Waals surface area contributed by atoms with Crippen molar-refractivity contribution in [3.05, 3.63) is 63.6 Å². The van der Waals surface area contributed by atoms with Crippen LogP contribution in [0.5, 0.6) is 5.75 Å². The molecule has 0 bridgehead atoms. The number of benzene rings is 2. The number of hydrogen-bond acceptors (Lipinski definition) is 4. The summed E-state index contributed by atoms with van der Waals surface area (Å²) >= 11 is 12.0. The van der Waals surface area contributed by atoms with Gasteiger partial charge < -0.3 is 15.8 Å². The molecule has 0 atom stereocenters. The van der Waals surface area contributed by atoms with Crippen molar-refractivity contribution < 1.29 is 14.3 Å². The van der Waals surface area contributed by atoms with Crippen molar-refractivity contribution in [2.45, 2.75) is 0 Å². The molecule has 0 saturated carbocycles. The second kappa shape index (κ2) is 8.90. The Morgan fingerprint density at radius 3 is 2.62 bits per heavy atom. The maximum atomic E-state index is 12.4. The van der Waals surface area contributed by atoms with Crippen LogP contribution in [-0.2, 0) is 9.59 Å². The topological polar surface area (TPSA) is 105 Å². The molecule has 2 aromatic rings. The van der Waals surface area contributed by atoms with Crippen LogP contribution in [0.4, 0.5) is 5.69 Å². The van der Waals surface area contributed by atoms with Gasteiger partial charge in [0, 0.05) is 10.6 Å². The molecule has 2 aromatic carbocycles. The Balaban J connectivity index is 2.31. The number of carbonyl (C=O) groups excluding carboxylic acids is 2. The number of hydrogen-bond donors (Lipinski definition) is 2. The lowest BCUT2D eigenvalue weighted by Gasteiger charge is -2.09. The van der Waals surface area contributed by atoms with Crippen LogP contribution < -0.4 is 15.8 Å². The molecule has 0 fully saturated rings. The summed E-state index contributed by atoms with van der Waals surface area (Å²) in [7, 11) is 0.